The number of nitrogens with one attached hydrogen (secondary N) is 1. The highest BCUT2D eigenvalue weighted by atomic mass is 16.7. The number of ether oxygens (including phenoxy) is 1. The van der Waals surface area contributed by atoms with Crippen molar-refractivity contribution in [3.63, 3.8) is 0 Å². The number of aromatic nitrogens is 2. The van der Waals surface area contributed by atoms with Gasteiger partial charge in [0.05, 0.1) is 19.3 Å². The molecule has 1 aromatic rings. The van der Waals surface area contributed by atoms with Crippen molar-refractivity contribution < 1.29 is 19.2 Å². The Morgan fingerprint density at radius 2 is 2.26 bits per heavy atom. The SMILES string of the molecule is CCOC(=O)[C@H]1C[C@H](Cn2ccc(NC(C)=O)nc2=O)ON1C. The molecule has 23 heavy (non-hydrogen) atoms. The predicted octanol–water partition coefficient (Wildman–Crippen LogP) is -0.231. The number of carbonyl (C=O) groups is 2. The molecule has 1 saturated heterocycles. The Morgan fingerprint density at radius 3 is 2.87 bits per heavy atom. The standard InChI is InChI=1S/C14H20N4O5/c1-4-22-13(20)11-7-10(23-17(11)3)8-18-6-5-12(15-9(2)19)16-14(18)21/h5-6,10-11H,4,7-8H2,1-3H3,(H,15,16,19,21)/t10-,11-/m1/s1. The van der Waals surface area contributed by atoms with Gasteiger partial charge >= 0.3 is 11.7 Å². The fourth-order valence-corrected chi connectivity index (χ4v) is 2.38. The fourth-order valence-electron chi connectivity index (χ4n) is 2.38. The number of rotatable bonds is 5. The minimum Gasteiger partial charge on any atom is -0.465 e. The molecule has 0 spiro atoms. The predicted molar refractivity (Wildman–Crippen MR) is 80.5 cm³/mol. The monoisotopic (exact) mass is 324 g/mol. The van der Waals surface area contributed by atoms with E-state index in [-0.39, 0.29) is 30.3 Å². The normalized spacial score (nSPS) is 21.2. The highest BCUT2D eigenvalue weighted by molar-refractivity contribution is 5.87. The van der Waals surface area contributed by atoms with Crippen LogP contribution in [-0.2, 0) is 25.7 Å². The van der Waals surface area contributed by atoms with Gasteiger partial charge in [0.15, 0.2) is 0 Å². The van der Waals surface area contributed by atoms with E-state index in [1.807, 2.05) is 0 Å². The highest BCUT2D eigenvalue weighted by Gasteiger charge is 2.37. The third kappa shape index (κ3) is 4.36. The van der Waals surface area contributed by atoms with Crippen LogP contribution in [0.1, 0.15) is 20.3 Å². The maximum atomic E-state index is 11.9. The van der Waals surface area contributed by atoms with Gasteiger partial charge in [-0.2, -0.15) is 10.0 Å². The van der Waals surface area contributed by atoms with Crippen LogP contribution in [-0.4, -0.2) is 52.3 Å². The molecule has 1 N–H and O–H groups in total. The molecule has 2 heterocycles. The van der Waals surface area contributed by atoms with Crippen molar-refractivity contribution in [2.75, 3.05) is 19.0 Å². The van der Waals surface area contributed by atoms with Gasteiger partial charge in [0, 0.05) is 26.6 Å². The topological polar surface area (TPSA) is 103 Å². The van der Waals surface area contributed by atoms with Crippen molar-refractivity contribution in [1.82, 2.24) is 14.6 Å². The average molecular weight is 324 g/mol. The molecule has 1 amide bonds. The largest absolute Gasteiger partial charge is 0.465 e. The summed E-state index contributed by atoms with van der Waals surface area (Å²) in [5, 5.41) is 3.90. The van der Waals surface area contributed by atoms with Crippen molar-refractivity contribution in [1.29, 1.82) is 0 Å². The van der Waals surface area contributed by atoms with E-state index in [2.05, 4.69) is 10.3 Å². The maximum Gasteiger partial charge on any atom is 0.349 e. The van der Waals surface area contributed by atoms with Crippen molar-refractivity contribution in [2.24, 2.45) is 0 Å². The van der Waals surface area contributed by atoms with E-state index in [1.54, 1.807) is 14.0 Å². The zero-order valence-electron chi connectivity index (χ0n) is 13.3. The fraction of sp³-hybridized carbons (Fsp3) is 0.571. The number of hydrogen-bond acceptors (Lipinski definition) is 7. The van der Waals surface area contributed by atoms with Gasteiger partial charge in [-0.05, 0) is 13.0 Å². The highest BCUT2D eigenvalue weighted by Crippen LogP contribution is 2.21. The molecular formula is C14H20N4O5. The maximum absolute atomic E-state index is 11.9. The van der Waals surface area contributed by atoms with E-state index in [0.717, 1.165) is 0 Å². The lowest BCUT2D eigenvalue weighted by molar-refractivity contribution is -0.172. The molecule has 0 aliphatic carbocycles. The molecule has 1 aliphatic rings. The zero-order valence-corrected chi connectivity index (χ0v) is 13.3. The molecule has 2 atom stereocenters. The molecule has 9 heteroatoms. The van der Waals surface area contributed by atoms with Crippen LogP contribution in [0.2, 0.25) is 0 Å². The molecular weight excluding hydrogens is 304 g/mol. The minimum absolute atomic E-state index is 0.201. The van der Waals surface area contributed by atoms with E-state index in [4.69, 9.17) is 9.57 Å². The lowest BCUT2D eigenvalue weighted by atomic mass is 10.1. The Kier molecular flexibility index (Phi) is 5.45. The molecule has 0 saturated carbocycles. The van der Waals surface area contributed by atoms with Crippen LogP contribution in [0.4, 0.5) is 5.82 Å². The number of hydrogen-bond donors (Lipinski definition) is 1. The van der Waals surface area contributed by atoms with Gasteiger partial charge in [-0.15, -0.1) is 0 Å². The summed E-state index contributed by atoms with van der Waals surface area (Å²) in [6, 6.07) is 1.05. The summed E-state index contributed by atoms with van der Waals surface area (Å²) in [4.78, 5) is 44.0. The zero-order chi connectivity index (χ0) is 17.0. The summed E-state index contributed by atoms with van der Waals surface area (Å²) < 4.78 is 6.36. The lowest BCUT2D eigenvalue weighted by Crippen LogP contribution is -2.33. The Balaban J connectivity index is 2.02. The third-order valence-electron chi connectivity index (χ3n) is 3.38. The molecule has 0 aromatic carbocycles. The molecule has 1 aromatic heterocycles. The Bertz CT molecular complexity index is 644. The number of esters is 1. The van der Waals surface area contributed by atoms with Crippen molar-refractivity contribution in [3.8, 4) is 0 Å². The van der Waals surface area contributed by atoms with Gasteiger partial charge < -0.3 is 10.1 Å². The van der Waals surface area contributed by atoms with Gasteiger partial charge in [0.2, 0.25) is 5.91 Å². The Hall–Kier alpha value is -2.26. The van der Waals surface area contributed by atoms with E-state index in [0.29, 0.717) is 13.0 Å². The molecule has 9 nitrogen and oxygen atoms in total. The number of nitrogens with zero attached hydrogens (tertiary/aromatic N) is 3. The second kappa shape index (κ2) is 7.34. The van der Waals surface area contributed by atoms with Gasteiger partial charge in [0.25, 0.3) is 0 Å². The molecule has 126 valence electrons. The van der Waals surface area contributed by atoms with Crippen LogP contribution < -0.4 is 11.0 Å². The first kappa shape index (κ1) is 17.1. The van der Waals surface area contributed by atoms with Crippen molar-refractivity contribution in [2.45, 2.75) is 39.0 Å². The first-order valence-corrected chi connectivity index (χ1v) is 7.32. The Morgan fingerprint density at radius 1 is 1.52 bits per heavy atom. The third-order valence-corrected chi connectivity index (χ3v) is 3.38. The summed E-state index contributed by atoms with van der Waals surface area (Å²) in [6.45, 7) is 3.65. The average Bonchev–Trinajstić information content (AvgIpc) is 2.82. The first-order valence-electron chi connectivity index (χ1n) is 7.32. The molecule has 0 bridgehead atoms. The summed E-state index contributed by atoms with van der Waals surface area (Å²) in [5.41, 5.74) is -0.498. The van der Waals surface area contributed by atoms with Crippen LogP contribution >= 0.6 is 0 Å². The number of carbonyl (C=O) groups excluding carboxylic acids is 2. The summed E-state index contributed by atoms with van der Waals surface area (Å²) in [5.74, 6) is -0.440. The summed E-state index contributed by atoms with van der Waals surface area (Å²) in [7, 11) is 1.66. The minimum atomic E-state index is -0.498. The van der Waals surface area contributed by atoms with Crippen LogP contribution in [0, 0.1) is 0 Å². The van der Waals surface area contributed by atoms with Gasteiger partial charge in [-0.3, -0.25) is 19.0 Å². The van der Waals surface area contributed by atoms with Crippen LogP contribution in [0.5, 0.6) is 0 Å². The molecule has 0 unspecified atom stereocenters. The summed E-state index contributed by atoms with van der Waals surface area (Å²) >= 11 is 0. The van der Waals surface area contributed by atoms with E-state index >= 15 is 0 Å². The van der Waals surface area contributed by atoms with Crippen LogP contribution in [0.25, 0.3) is 0 Å². The van der Waals surface area contributed by atoms with E-state index in [1.165, 1.54) is 28.8 Å². The number of hydroxylamine groups is 2. The smallest absolute Gasteiger partial charge is 0.349 e. The van der Waals surface area contributed by atoms with E-state index < -0.39 is 11.7 Å². The van der Waals surface area contributed by atoms with Gasteiger partial charge in [0.1, 0.15) is 11.9 Å². The first-order chi connectivity index (χ1) is 10.9. The van der Waals surface area contributed by atoms with Gasteiger partial charge in [-0.25, -0.2) is 4.79 Å². The number of amides is 1. The second-order valence-electron chi connectivity index (χ2n) is 5.21. The van der Waals surface area contributed by atoms with Gasteiger partial charge in [-0.1, -0.05) is 0 Å². The number of anilines is 1. The molecule has 0 radical (unpaired) electrons. The van der Waals surface area contributed by atoms with Crippen molar-refractivity contribution in [3.05, 3.63) is 22.7 Å². The van der Waals surface area contributed by atoms with Crippen molar-refractivity contribution >= 4 is 17.7 Å². The Labute approximate surface area is 133 Å². The molecule has 2 rings (SSSR count). The summed E-state index contributed by atoms with van der Waals surface area (Å²) in [6.07, 6.45) is 1.62. The molecule has 1 fully saturated rings. The second-order valence-corrected chi connectivity index (χ2v) is 5.21. The van der Waals surface area contributed by atoms with Crippen LogP contribution in [0.15, 0.2) is 17.1 Å². The molecule has 1 aliphatic heterocycles. The lowest BCUT2D eigenvalue weighted by Gasteiger charge is -2.15. The quantitative estimate of drug-likeness (QED) is 0.746. The number of likely N-dealkylation sites (N-methyl/N-ethyl adjacent to an activating group) is 1. The van der Waals surface area contributed by atoms with Crippen LogP contribution in [0.3, 0.4) is 0 Å². The van der Waals surface area contributed by atoms with E-state index in [9.17, 15) is 14.4 Å².